The van der Waals surface area contributed by atoms with E-state index in [4.69, 9.17) is 0 Å². The number of hydrogen-bond donors (Lipinski definition) is 2. The van der Waals surface area contributed by atoms with Crippen LogP contribution in [0.3, 0.4) is 0 Å². The van der Waals surface area contributed by atoms with E-state index in [-0.39, 0.29) is 11.1 Å². The van der Waals surface area contributed by atoms with Gasteiger partial charge in [0.2, 0.25) is 0 Å². The minimum atomic E-state index is -1.16. The minimum absolute atomic E-state index is 0.0722. The fourth-order valence-electron chi connectivity index (χ4n) is 5.14. The van der Waals surface area contributed by atoms with E-state index in [0.717, 1.165) is 56.2 Å². The molecule has 7 heteroatoms. The molecule has 1 atom stereocenters. The van der Waals surface area contributed by atoms with Gasteiger partial charge in [-0.2, -0.15) is 0 Å². The molecule has 1 fully saturated rings. The molecule has 0 aromatic carbocycles. The molecule has 1 amide bonds. The number of rotatable bonds is 6. The molecule has 0 saturated heterocycles. The van der Waals surface area contributed by atoms with Crippen LogP contribution >= 0.6 is 11.3 Å². The molecule has 2 heterocycles. The van der Waals surface area contributed by atoms with Crippen LogP contribution in [-0.4, -0.2) is 21.6 Å². The first-order valence-corrected chi connectivity index (χ1v) is 12.7. The molecule has 2 aromatic rings. The number of pyridine rings is 1. The zero-order valence-electron chi connectivity index (χ0n) is 18.5. The van der Waals surface area contributed by atoms with Gasteiger partial charge in [-0.25, -0.2) is 4.79 Å². The Morgan fingerprint density at radius 2 is 1.81 bits per heavy atom. The zero-order valence-corrected chi connectivity index (χ0v) is 19.3. The number of aliphatic carboxylic acids is 1. The van der Waals surface area contributed by atoms with Gasteiger partial charge in [0, 0.05) is 17.1 Å². The van der Waals surface area contributed by atoms with E-state index in [0.29, 0.717) is 17.3 Å². The number of nitrogens with zero attached hydrogens (tertiary/aromatic N) is 1. The van der Waals surface area contributed by atoms with Crippen LogP contribution in [0.25, 0.3) is 0 Å². The summed E-state index contributed by atoms with van der Waals surface area (Å²) in [6, 6.07) is 4.02. The summed E-state index contributed by atoms with van der Waals surface area (Å²) in [5.74, 6) is -1.26. The largest absolute Gasteiger partial charge is 0.479 e. The van der Waals surface area contributed by atoms with Crippen LogP contribution in [0.4, 0.5) is 0 Å². The van der Waals surface area contributed by atoms with Gasteiger partial charge in [0.05, 0.1) is 0 Å². The van der Waals surface area contributed by atoms with Crippen LogP contribution in [0.15, 0.2) is 28.4 Å². The topological polar surface area (TPSA) is 88.4 Å². The van der Waals surface area contributed by atoms with Crippen molar-refractivity contribution in [3.8, 4) is 0 Å². The van der Waals surface area contributed by atoms with Crippen LogP contribution in [0.5, 0.6) is 0 Å². The molecule has 2 aromatic heterocycles. The number of carboxylic acid groups (broad SMARTS) is 1. The molecule has 0 spiro atoms. The van der Waals surface area contributed by atoms with Crippen molar-refractivity contribution >= 4 is 23.2 Å². The van der Waals surface area contributed by atoms with Gasteiger partial charge in [0.1, 0.15) is 5.56 Å². The van der Waals surface area contributed by atoms with Crippen molar-refractivity contribution in [1.29, 1.82) is 0 Å². The van der Waals surface area contributed by atoms with Crippen LogP contribution in [0, 0.1) is 5.92 Å². The van der Waals surface area contributed by atoms with Gasteiger partial charge < -0.3 is 15.0 Å². The molecular formula is C25H32N2O4S. The molecule has 4 rings (SSSR count). The number of thiophene rings is 1. The van der Waals surface area contributed by atoms with Crippen LogP contribution in [0.2, 0.25) is 0 Å². The summed E-state index contributed by atoms with van der Waals surface area (Å²) in [5, 5.41) is 14.0. The first-order chi connectivity index (χ1) is 15.5. The quantitative estimate of drug-likeness (QED) is 0.659. The van der Waals surface area contributed by atoms with Gasteiger partial charge in [-0.1, -0.05) is 38.2 Å². The molecule has 2 N–H and O–H groups in total. The first kappa shape index (κ1) is 22.8. The summed E-state index contributed by atoms with van der Waals surface area (Å²) in [4.78, 5) is 39.1. The lowest BCUT2D eigenvalue weighted by Crippen LogP contribution is -2.39. The van der Waals surface area contributed by atoms with Crippen molar-refractivity contribution in [2.45, 2.75) is 83.2 Å². The average molecular weight is 457 g/mol. The van der Waals surface area contributed by atoms with Crippen molar-refractivity contribution in [1.82, 2.24) is 9.88 Å². The van der Waals surface area contributed by atoms with Gasteiger partial charge in [-0.05, 0) is 67.5 Å². The number of carbonyl (C=O) groups is 2. The van der Waals surface area contributed by atoms with Gasteiger partial charge in [-0.15, -0.1) is 11.3 Å². The number of carbonyl (C=O) groups excluding carboxylic acids is 1. The summed E-state index contributed by atoms with van der Waals surface area (Å²) in [5.41, 5.74) is 1.96. The van der Waals surface area contributed by atoms with Crippen LogP contribution in [-0.2, 0) is 24.2 Å². The number of fused-ring (bicyclic) bond motifs is 1. The van der Waals surface area contributed by atoms with Gasteiger partial charge >= 0.3 is 5.97 Å². The predicted molar refractivity (Wildman–Crippen MR) is 125 cm³/mol. The second-order valence-electron chi connectivity index (χ2n) is 9.12. The highest BCUT2D eigenvalue weighted by Gasteiger charge is 2.27. The van der Waals surface area contributed by atoms with E-state index in [1.54, 1.807) is 23.6 Å². The van der Waals surface area contributed by atoms with Crippen molar-refractivity contribution in [2.75, 3.05) is 0 Å². The molecule has 172 valence electrons. The SMILES string of the molecule is O=C(NC(C(=O)O)c1cccs1)c1cc2c(n(CC3CCCCC3)c1=O)CCCCCC2. The second-order valence-corrected chi connectivity index (χ2v) is 10.1. The van der Waals surface area contributed by atoms with Crippen molar-refractivity contribution in [3.05, 3.63) is 55.6 Å². The van der Waals surface area contributed by atoms with Gasteiger partial charge in [0.15, 0.2) is 6.04 Å². The number of nitrogens with one attached hydrogen (secondary N) is 1. The van der Waals surface area contributed by atoms with Crippen molar-refractivity contribution < 1.29 is 14.7 Å². The highest BCUT2D eigenvalue weighted by atomic mass is 32.1. The molecule has 0 bridgehead atoms. The smallest absolute Gasteiger partial charge is 0.331 e. The van der Waals surface area contributed by atoms with E-state index in [9.17, 15) is 19.5 Å². The third-order valence-corrected chi connectivity index (χ3v) is 7.80. The fourth-order valence-corrected chi connectivity index (χ4v) is 5.90. The summed E-state index contributed by atoms with van der Waals surface area (Å²) >= 11 is 1.28. The number of amides is 1. The molecule has 0 radical (unpaired) electrons. The molecule has 1 saturated carbocycles. The Hall–Kier alpha value is -2.41. The number of hydrogen-bond acceptors (Lipinski definition) is 4. The van der Waals surface area contributed by atoms with Crippen molar-refractivity contribution in [3.63, 3.8) is 0 Å². The van der Waals surface area contributed by atoms with Gasteiger partial charge in [-0.3, -0.25) is 9.59 Å². The lowest BCUT2D eigenvalue weighted by molar-refractivity contribution is -0.139. The van der Waals surface area contributed by atoms with Crippen LogP contribution < -0.4 is 10.9 Å². The Morgan fingerprint density at radius 3 is 2.50 bits per heavy atom. The Morgan fingerprint density at radius 1 is 1.09 bits per heavy atom. The third kappa shape index (κ3) is 5.14. The Balaban J connectivity index is 1.70. The third-order valence-electron chi connectivity index (χ3n) is 6.86. The molecular weight excluding hydrogens is 424 g/mol. The second kappa shape index (κ2) is 10.5. The number of aromatic nitrogens is 1. The number of aryl methyl sites for hydroxylation is 1. The molecule has 1 unspecified atom stereocenters. The van der Waals surface area contributed by atoms with E-state index < -0.39 is 17.9 Å². The monoisotopic (exact) mass is 456 g/mol. The maximum Gasteiger partial charge on any atom is 0.331 e. The maximum absolute atomic E-state index is 13.5. The summed E-state index contributed by atoms with van der Waals surface area (Å²) in [6.07, 6.45) is 12.0. The fraction of sp³-hybridized carbons (Fsp3) is 0.560. The standard InChI is InChI=1S/C25H32N2O4S/c28-23(26-22(25(30)31)21-13-8-14-32-21)19-15-18-11-6-1-2-7-12-20(18)27(24(19)29)16-17-9-4-3-5-10-17/h8,13-15,17,22H,1-7,9-12,16H2,(H,26,28)(H,30,31). The highest BCUT2D eigenvalue weighted by molar-refractivity contribution is 7.10. The van der Waals surface area contributed by atoms with Gasteiger partial charge in [0.25, 0.3) is 11.5 Å². The molecule has 2 aliphatic carbocycles. The van der Waals surface area contributed by atoms with E-state index in [1.807, 2.05) is 4.57 Å². The lowest BCUT2D eigenvalue weighted by atomic mass is 9.88. The Kier molecular flexibility index (Phi) is 7.45. The summed E-state index contributed by atoms with van der Waals surface area (Å²) in [6.45, 7) is 0.662. The summed E-state index contributed by atoms with van der Waals surface area (Å²) in [7, 11) is 0. The predicted octanol–water partition coefficient (Wildman–Crippen LogP) is 4.70. The number of carboxylic acids is 1. The average Bonchev–Trinajstić information content (AvgIpc) is 3.29. The van der Waals surface area contributed by atoms with E-state index in [2.05, 4.69) is 5.32 Å². The molecule has 2 aliphatic rings. The Labute approximate surface area is 192 Å². The Bertz CT molecular complexity index is 1010. The summed E-state index contributed by atoms with van der Waals surface area (Å²) < 4.78 is 1.87. The molecule has 6 nitrogen and oxygen atoms in total. The minimum Gasteiger partial charge on any atom is -0.479 e. The van der Waals surface area contributed by atoms with E-state index >= 15 is 0 Å². The molecule has 32 heavy (non-hydrogen) atoms. The maximum atomic E-state index is 13.5. The zero-order chi connectivity index (χ0) is 22.5. The van der Waals surface area contributed by atoms with Crippen LogP contribution in [0.1, 0.15) is 90.3 Å². The van der Waals surface area contributed by atoms with Crippen molar-refractivity contribution in [2.24, 2.45) is 5.92 Å². The normalized spacial score (nSPS) is 18.2. The highest BCUT2D eigenvalue weighted by Crippen LogP contribution is 2.27. The van der Waals surface area contributed by atoms with E-state index in [1.165, 1.54) is 37.0 Å². The lowest BCUT2D eigenvalue weighted by Gasteiger charge is -2.27. The first-order valence-electron chi connectivity index (χ1n) is 11.9. The molecule has 0 aliphatic heterocycles.